The largest absolute Gasteiger partial charge is 0.352 e. The van der Waals surface area contributed by atoms with Gasteiger partial charge in [-0.05, 0) is 56.1 Å². The highest BCUT2D eigenvalue weighted by molar-refractivity contribution is 9.10. The summed E-state index contributed by atoms with van der Waals surface area (Å²) in [5, 5.41) is 5.99. The molecule has 0 aromatic heterocycles. The summed E-state index contributed by atoms with van der Waals surface area (Å²) in [5.41, 5.74) is 2.63. The standard InChI is InChI=1S/C21H24BrN3O2/c1-14-12-16(22)8-11-18(14)24-19(26)13-25(2)20(15-6-4-3-5-7-15)21(27)23-17-9-10-17/h3-8,11-12,17,20H,9-10,13H2,1-2H3,(H,23,27)(H,24,26)/t20-/m0/s1. The molecule has 1 saturated carbocycles. The summed E-state index contributed by atoms with van der Waals surface area (Å²) in [7, 11) is 1.80. The number of hydrogen-bond acceptors (Lipinski definition) is 3. The maximum absolute atomic E-state index is 12.8. The average molecular weight is 430 g/mol. The van der Waals surface area contributed by atoms with Gasteiger partial charge in [0.2, 0.25) is 11.8 Å². The summed E-state index contributed by atoms with van der Waals surface area (Å²) in [6.45, 7) is 2.06. The van der Waals surface area contributed by atoms with Crippen LogP contribution in [0.15, 0.2) is 53.0 Å². The van der Waals surface area contributed by atoms with Gasteiger partial charge in [0.05, 0.1) is 6.54 Å². The highest BCUT2D eigenvalue weighted by Gasteiger charge is 2.31. The first kappa shape index (κ1) is 19.6. The molecule has 2 N–H and O–H groups in total. The zero-order chi connectivity index (χ0) is 19.4. The SMILES string of the molecule is Cc1cc(Br)ccc1NC(=O)CN(C)[C@H](C(=O)NC1CC1)c1ccccc1. The number of benzene rings is 2. The summed E-state index contributed by atoms with van der Waals surface area (Å²) in [6, 6.07) is 15.1. The molecule has 6 heteroatoms. The predicted molar refractivity (Wildman–Crippen MR) is 110 cm³/mol. The van der Waals surface area contributed by atoms with Gasteiger partial charge in [0, 0.05) is 16.2 Å². The molecular formula is C21H24BrN3O2. The third kappa shape index (κ3) is 5.40. The molecule has 142 valence electrons. The van der Waals surface area contributed by atoms with Gasteiger partial charge in [-0.25, -0.2) is 0 Å². The van der Waals surface area contributed by atoms with Gasteiger partial charge in [0.25, 0.3) is 0 Å². The highest BCUT2D eigenvalue weighted by atomic mass is 79.9. The minimum Gasteiger partial charge on any atom is -0.352 e. The van der Waals surface area contributed by atoms with E-state index in [1.54, 1.807) is 11.9 Å². The smallest absolute Gasteiger partial charge is 0.242 e. The van der Waals surface area contributed by atoms with Gasteiger partial charge in [-0.2, -0.15) is 0 Å². The number of carbonyl (C=O) groups excluding carboxylic acids is 2. The van der Waals surface area contributed by atoms with Crippen molar-refractivity contribution >= 4 is 33.4 Å². The van der Waals surface area contributed by atoms with Gasteiger partial charge < -0.3 is 10.6 Å². The molecular weight excluding hydrogens is 406 g/mol. The normalized spacial score (nSPS) is 14.7. The van der Waals surface area contributed by atoms with Crippen LogP contribution in [0, 0.1) is 6.92 Å². The lowest BCUT2D eigenvalue weighted by Crippen LogP contribution is -2.42. The van der Waals surface area contributed by atoms with Crippen LogP contribution in [0.1, 0.15) is 30.0 Å². The Morgan fingerprint density at radius 1 is 1.19 bits per heavy atom. The highest BCUT2D eigenvalue weighted by Crippen LogP contribution is 2.24. The predicted octanol–water partition coefficient (Wildman–Crippen LogP) is 3.65. The van der Waals surface area contributed by atoms with Crippen LogP contribution in [-0.4, -0.2) is 36.3 Å². The van der Waals surface area contributed by atoms with Crippen LogP contribution in [0.4, 0.5) is 5.69 Å². The van der Waals surface area contributed by atoms with E-state index in [9.17, 15) is 9.59 Å². The summed E-state index contributed by atoms with van der Waals surface area (Å²) >= 11 is 3.42. The Hall–Kier alpha value is -2.18. The first-order valence-electron chi connectivity index (χ1n) is 9.05. The summed E-state index contributed by atoms with van der Waals surface area (Å²) in [5.74, 6) is -0.207. The third-order valence-corrected chi connectivity index (χ3v) is 5.08. The molecule has 1 atom stereocenters. The van der Waals surface area contributed by atoms with Crippen molar-refractivity contribution in [1.82, 2.24) is 10.2 Å². The molecule has 5 nitrogen and oxygen atoms in total. The van der Waals surface area contributed by atoms with Gasteiger partial charge >= 0.3 is 0 Å². The van der Waals surface area contributed by atoms with E-state index in [0.29, 0.717) is 0 Å². The van der Waals surface area contributed by atoms with Crippen LogP contribution in [0.3, 0.4) is 0 Å². The molecule has 0 unspecified atom stereocenters. The van der Waals surface area contributed by atoms with E-state index in [4.69, 9.17) is 0 Å². The number of halogens is 1. The van der Waals surface area contributed by atoms with Gasteiger partial charge in [0.1, 0.15) is 6.04 Å². The summed E-state index contributed by atoms with van der Waals surface area (Å²) in [4.78, 5) is 27.1. The van der Waals surface area contributed by atoms with E-state index in [1.807, 2.05) is 55.5 Å². The maximum atomic E-state index is 12.8. The molecule has 1 fully saturated rings. The molecule has 0 heterocycles. The lowest BCUT2D eigenvalue weighted by molar-refractivity contribution is -0.127. The van der Waals surface area contributed by atoms with Crippen molar-refractivity contribution in [1.29, 1.82) is 0 Å². The Labute approximate surface area is 168 Å². The van der Waals surface area contributed by atoms with Crippen LogP contribution in [0.25, 0.3) is 0 Å². The second kappa shape index (κ2) is 8.67. The number of nitrogens with one attached hydrogen (secondary N) is 2. The molecule has 0 radical (unpaired) electrons. The van der Waals surface area contributed by atoms with Crippen LogP contribution >= 0.6 is 15.9 Å². The number of aryl methyl sites for hydroxylation is 1. The molecule has 0 saturated heterocycles. The van der Waals surface area contributed by atoms with Gasteiger partial charge in [0.15, 0.2) is 0 Å². The Bertz CT molecular complexity index is 821. The Kier molecular flexibility index (Phi) is 6.29. The van der Waals surface area contributed by atoms with E-state index < -0.39 is 6.04 Å². The number of anilines is 1. The fourth-order valence-corrected chi connectivity index (χ4v) is 3.50. The minimum atomic E-state index is -0.497. The second-order valence-corrected chi connectivity index (χ2v) is 7.93. The maximum Gasteiger partial charge on any atom is 0.242 e. The number of likely N-dealkylation sites (N-methyl/N-ethyl adjacent to an activating group) is 1. The van der Waals surface area contributed by atoms with Crippen LogP contribution in [0.5, 0.6) is 0 Å². The van der Waals surface area contributed by atoms with Crippen LogP contribution in [-0.2, 0) is 9.59 Å². The number of hydrogen-bond donors (Lipinski definition) is 2. The fourth-order valence-electron chi connectivity index (χ4n) is 3.02. The molecule has 2 amide bonds. The quantitative estimate of drug-likeness (QED) is 0.705. The minimum absolute atomic E-state index is 0.0566. The zero-order valence-corrected chi connectivity index (χ0v) is 17.1. The van der Waals surface area contributed by atoms with Crippen molar-refractivity contribution in [3.8, 4) is 0 Å². The summed E-state index contributed by atoms with van der Waals surface area (Å²) < 4.78 is 0.969. The van der Waals surface area contributed by atoms with Crippen molar-refractivity contribution in [3.05, 3.63) is 64.1 Å². The van der Waals surface area contributed by atoms with E-state index in [2.05, 4.69) is 26.6 Å². The van der Waals surface area contributed by atoms with E-state index in [1.165, 1.54) is 0 Å². The first-order chi connectivity index (χ1) is 12.9. The topological polar surface area (TPSA) is 61.4 Å². The number of amides is 2. The fraction of sp³-hybridized carbons (Fsp3) is 0.333. The van der Waals surface area contributed by atoms with Gasteiger partial charge in [-0.3, -0.25) is 14.5 Å². The molecule has 3 rings (SSSR count). The van der Waals surface area contributed by atoms with Crippen molar-refractivity contribution < 1.29 is 9.59 Å². The zero-order valence-electron chi connectivity index (χ0n) is 15.5. The lowest BCUT2D eigenvalue weighted by atomic mass is 10.0. The monoisotopic (exact) mass is 429 g/mol. The van der Waals surface area contributed by atoms with Crippen molar-refractivity contribution in [2.24, 2.45) is 0 Å². The number of rotatable bonds is 7. The van der Waals surface area contributed by atoms with E-state index in [0.717, 1.165) is 34.1 Å². The third-order valence-electron chi connectivity index (χ3n) is 4.58. The Morgan fingerprint density at radius 2 is 1.89 bits per heavy atom. The molecule has 2 aromatic rings. The second-order valence-electron chi connectivity index (χ2n) is 7.02. The molecule has 27 heavy (non-hydrogen) atoms. The lowest BCUT2D eigenvalue weighted by Gasteiger charge is -2.27. The molecule has 1 aliphatic rings. The summed E-state index contributed by atoms with van der Waals surface area (Å²) in [6.07, 6.45) is 2.06. The molecule has 0 spiro atoms. The van der Waals surface area contributed by atoms with Crippen molar-refractivity contribution in [2.75, 3.05) is 18.9 Å². The van der Waals surface area contributed by atoms with Gasteiger partial charge in [-0.15, -0.1) is 0 Å². The Balaban J connectivity index is 1.70. The first-order valence-corrected chi connectivity index (χ1v) is 9.85. The van der Waals surface area contributed by atoms with Gasteiger partial charge in [-0.1, -0.05) is 46.3 Å². The molecule has 0 aliphatic heterocycles. The number of nitrogens with zero attached hydrogens (tertiary/aromatic N) is 1. The van der Waals surface area contributed by atoms with Crippen molar-refractivity contribution in [2.45, 2.75) is 31.8 Å². The van der Waals surface area contributed by atoms with E-state index in [-0.39, 0.29) is 24.4 Å². The van der Waals surface area contributed by atoms with Crippen LogP contribution < -0.4 is 10.6 Å². The molecule has 1 aliphatic carbocycles. The molecule has 2 aromatic carbocycles. The average Bonchev–Trinajstić information content (AvgIpc) is 3.42. The number of carbonyl (C=O) groups is 2. The van der Waals surface area contributed by atoms with E-state index >= 15 is 0 Å². The van der Waals surface area contributed by atoms with Crippen molar-refractivity contribution in [3.63, 3.8) is 0 Å². The molecule has 0 bridgehead atoms. The van der Waals surface area contributed by atoms with Crippen LogP contribution in [0.2, 0.25) is 0 Å². The Morgan fingerprint density at radius 3 is 2.52 bits per heavy atom.